The zero-order chi connectivity index (χ0) is 21.1. The van der Waals surface area contributed by atoms with Gasteiger partial charge in [0.25, 0.3) is 5.91 Å². The summed E-state index contributed by atoms with van der Waals surface area (Å²) in [7, 11) is 0. The number of anilines is 1. The quantitative estimate of drug-likeness (QED) is 0.637. The number of imide groups is 1. The first-order valence-corrected chi connectivity index (χ1v) is 9.72. The lowest BCUT2D eigenvalue weighted by atomic mass is 9.72. The van der Waals surface area contributed by atoms with Gasteiger partial charge in [-0.15, -0.1) is 0 Å². The molecule has 4 rings (SSSR count). The molecule has 1 aromatic carbocycles. The molecule has 8 nitrogen and oxygen atoms in total. The van der Waals surface area contributed by atoms with E-state index in [-0.39, 0.29) is 17.7 Å². The third-order valence-corrected chi connectivity index (χ3v) is 5.54. The zero-order valence-electron chi connectivity index (χ0n) is 16.5. The van der Waals surface area contributed by atoms with Crippen LogP contribution >= 0.6 is 0 Å². The smallest absolute Gasteiger partial charge is 0.257 e. The van der Waals surface area contributed by atoms with E-state index in [0.717, 1.165) is 5.56 Å². The van der Waals surface area contributed by atoms with Crippen molar-refractivity contribution in [3.8, 4) is 5.82 Å². The van der Waals surface area contributed by atoms with Crippen LogP contribution in [0.5, 0.6) is 0 Å². The van der Waals surface area contributed by atoms with Gasteiger partial charge in [-0.05, 0) is 42.7 Å². The second kappa shape index (κ2) is 7.90. The van der Waals surface area contributed by atoms with Crippen molar-refractivity contribution >= 4 is 23.4 Å². The SMILES string of the molecule is CCC1(c2ccc(NC(=O)c3ccc(-n4ccnc4)nc3)cc2)CCC(=O)NC1=O. The highest BCUT2D eigenvalue weighted by Gasteiger charge is 2.42. The first-order chi connectivity index (χ1) is 14.5. The van der Waals surface area contributed by atoms with E-state index in [1.807, 2.05) is 19.1 Å². The Morgan fingerprint density at radius 3 is 2.60 bits per heavy atom. The lowest BCUT2D eigenvalue weighted by molar-refractivity contribution is -0.138. The number of piperidine rings is 1. The summed E-state index contributed by atoms with van der Waals surface area (Å²) >= 11 is 0. The van der Waals surface area contributed by atoms with Gasteiger partial charge in [-0.2, -0.15) is 0 Å². The Balaban J connectivity index is 1.47. The van der Waals surface area contributed by atoms with Gasteiger partial charge in [0.15, 0.2) is 0 Å². The summed E-state index contributed by atoms with van der Waals surface area (Å²) in [6.07, 6.45) is 7.96. The molecule has 8 heteroatoms. The Morgan fingerprint density at radius 2 is 2.00 bits per heavy atom. The largest absolute Gasteiger partial charge is 0.322 e. The molecule has 1 saturated heterocycles. The molecule has 1 atom stereocenters. The minimum atomic E-state index is -0.719. The molecule has 152 valence electrons. The zero-order valence-corrected chi connectivity index (χ0v) is 16.5. The maximum Gasteiger partial charge on any atom is 0.257 e. The molecule has 1 aliphatic heterocycles. The van der Waals surface area contributed by atoms with Crippen LogP contribution in [0.2, 0.25) is 0 Å². The molecular formula is C22H21N5O3. The number of hydrogen-bond acceptors (Lipinski definition) is 5. The molecule has 3 amide bonds. The number of nitrogens with one attached hydrogen (secondary N) is 2. The van der Waals surface area contributed by atoms with Crippen LogP contribution in [0.1, 0.15) is 42.1 Å². The van der Waals surface area contributed by atoms with E-state index >= 15 is 0 Å². The molecular weight excluding hydrogens is 382 g/mol. The van der Waals surface area contributed by atoms with Crippen molar-refractivity contribution in [3.63, 3.8) is 0 Å². The molecule has 0 bridgehead atoms. The molecule has 1 aliphatic rings. The Hall–Kier alpha value is -3.81. The minimum absolute atomic E-state index is 0.236. The standard InChI is InChI=1S/C22H21N5O3/c1-2-22(10-9-19(28)26-21(22)30)16-4-6-17(7-5-16)25-20(29)15-3-8-18(24-13-15)27-12-11-23-14-27/h3-8,11-14H,2,9-10H2,1H3,(H,25,29)(H,26,28,30). The van der Waals surface area contributed by atoms with Gasteiger partial charge in [-0.25, -0.2) is 9.97 Å². The number of rotatable bonds is 5. The molecule has 0 aliphatic carbocycles. The Kier molecular flexibility index (Phi) is 5.14. The van der Waals surface area contributed by atoms with Crippen LogP contribution in [0, 0.1) is 0 Å². The van der Waals surface area contributed by atoms with Gasteiger partial charge in [0.05, 0.1) is 11.0 Å². The summed E-state index contributed by atoms with van der Waals surface area (Å²) in [6, 6.07) is 10.6. The van der Waals surface area contributed by atoms with E-state index in [1.54, 1.807) is 47.6 Å². The van der Waals surface area contributed by atoms with Gasteiger partial charge in [0.2, 0.25) is 11.8 Å². The van der Waals surface area contributed by atoms with Gasteiger partial charge in [0.1, 0.15) is 12.1 Å². The fourth-order valence-electron chi connectivity index (χ4n) is 3.71. The van der Waals surface area contributed by atoms with Crippen LogP contribution in [0.4, 0.5) is 5.69 Å². The summed E-state index contributed by atoms with van der Waals surface area (Å²) in [5.74, 6) is -0.108. The van der Waals surface area contributed by atoms with Crippen LogP contribution in [0.25, 0.3) is 5.82 Å². The number of carbonyl (C=O) groups excluding carboxylic acids is 3. The normalized spacial score (nSPS) is 18.7. The van der Waals surface area contributed by atoms with Crippen LogP contribution in [-0.4, -0.2) is 32.3 Å². The predicted octanol–water partition coefficient (Wildman–Crippen LogP) is 2.60. The molecule has 30 heavy (non-hydrogen) atoms. The Labute approximate surface area is 173 Å². The number of hydrogen-bond donors (Lipinski definition) is 2. The van der Waals surface area contributed by atoms with E-state index in [1.165, 1.54) is 6.20 Å². The van der Waals surface area contributed by atoms with Crippen LogP contribution in [0.15, 0.2) is 61.3 Å². The van der Waals surface area contributed by atoms with E-state index in [4.69, 9.17) is 0 Å². The molecule has 2 N–H and O–H groups in total. The van der Waals surface area contributed by atoms with Gasteiger partial charge in [-0.1, -0.05) is 19.1 Å². The number of benzene rings is 1. The van der Waals surface area contributed by atoms with E-state index in [0.29, 0.717) is 36.3 Å². The molecule has 3 aromatic rings. The highest BCUT2D eigenvalue weighted by Crippen LogP contribution is 2.36. The highest BCUT2D eigenvalue weighted by molar-refractivity contribution is 6.05. The molecule has 0 saturated carbocycles. The number of amides is 3. The third-order valence-electron chi connectivity index (χ3n) is 5.54. The number of pyridine rings is 1. The van der Waals surface area contributed by atoms with Gasteiger partial charge < -0.3 is 5.32 Å². The van der Waals surface area contributed by atoms with Crippen LogP contribution < -0.4 is 10.6 Å². The third kappa shape index (κ3) is 3.59. The summed E-state index contributed by atoms with van der Waals surface area (Å²) < 4.78 is 1.75. The van der Waals surface area contributed by atoms with Crippen molar-refractivity contribution in [1.82, 2.24) is 19.9 Å². The average molecular weight is 403 g/mol. The maximum atomic E-state index is 12.5. The van der Waals surface area contributed by atoms with Gasteiger partial charge in [-0.3, -0.25) is 24.3 Å². The summed E-state index contributed by atoms with van der Waals surface area (Å²) in [6.45, 7) is 1.94. The number of aromatic nitrogens is 3. The number of nitrogens with zero attached hydrogens (tertiary/aromatic N) is 3. The lowest BCUT2D eigenvalue weighted by Gasteiger charge is -2.35. The van der Waals surface area contributed by atoms with Crippen molar-refractivity contribution in [2.24, 2.45) is 0 Å². The first-order valence-electron chi connectivity index (χ1n) is 9.72. The second-order valence-corrected chi connectivity index (χ2v) is 7.22. The molecule has 0 radical (unpaired) electrons. The van der Waals surface area contributed by atoms with Crippen molar-refractivity contribution < 1.29 is 14.4 Å². The molecule has 1 unspecified atom stereocenters. The fraction of sp³-hybridized carbons (Fsp3) is 0.227. The fourth-order valence-corrected chi connectivity index (χ4v) is 3.71. The first kappa shape index (κ1) is 19.5. The number of imidazole rings is 1. The van der Waals surface area contributed by atoms with E-state index in [2.05, 4.69) is 20.6 Å². The molecule has 3 heterocycles. The summed E-state index contributed by atoms with van der Waals surface area (Å²) in [5, 5.41) is 5.28. The van der Waals surface area contributed by atoms with Crippen molar-refractivity contribution in [2.45, 2.75) is 31.6 Å². The Bertz CT molecular complexity index is 1070. The number of carbonyl (C=O) groups is 3. The second-order valence-electron chi connectivity index (χ2n) is 7.22. The summed E-state index contributed by atoms with van der Waals surface area (Å²) in [5.41, 5.74) is 1.15. The van der Waals surface area contributed by atoms with Crippen molar-refractivity contribution in [3.05, 3.63) is 72.4 Å². The molecule has 0 spiro atoms. The predicted molar refractivity (Wildman–Crippen MR) is 110 cm³/mol. The maximum absolute atomic E-state index is 12.5. The lowest BCUT2D eigenvalue weighted by Crippen LogP contribution is -2.51. The van der Waals surface area contributed by atoms with Crippen molar-refractivity contribution in [1.29, 1.82) is 0 Å². The summed E-state index contributed by atoms with van der Waals surface area (Å²) in [4.78, 5) is 44.8. The van der Waals surface area contributed by atoms with Crippen LogP contribution in [-0.2, 0) is 15.0 Å². The highest BCUT2D eigenvalue weighted by atomic mass is 16.2. The monoisotopic (exact) mass is 403 g/mol. The van der Waals surface area contributed by atoms with Crippen molar-refractivity contribution in [2.75, 3.05) is 5.32 Å². The van der Waals surface area contributed by atoms with Gasteiger partial charge >= 0.3 is 0 Å². The van der Waals surface area contributed by atoms with E-state index in [9.17, 15) is 14.4 Å². The topological polar surface area (TPSA) is 106 Å². The minimum Gasteiger partial charge on any atom is -0.322 e. The average Bonchev–Trinajstić information content (AvgIpc) is 3.30. The molecule has 2 aromatic heterocycles. The Morgan fingerprint density at radius 1 is 1.20 bits per heavy atom. The van der Waals surface area contributed by atoms with Crippen LogP contribution in [0.3, 0.4) is 0 Å². The molecule has 1 fully saturated rings. The van der Waals surface area contributed by atoms with Gasteiger partial charge in [0, 0.05) is 30.7 Å². The van der Waals surface area contributed by atoms with E-state index < -0.39 is 5.41 Å².